The Balaban J connectivity index is 2.09. The van der Waals surface area contributed by atoms with Crippen LogP contribution in [0.4, 0.5) is 4.79 Å². The molecule has 1 aliphatic rings. The van der Waals surface area contributed by atoms with Gasteiger partial charge in [0.2, 0.25) is 5.91 Å². The van der Waals surface area contributed by atoms with E-state index in [4.69, 9.17) is 16.3 Å². The van der Waals surface area contributed by atoms with E-state index < -0.39 is 6.03 Å². The third kappa shape index (κ3) is 4.99. The van der Waals surface area contributed by atoms with Crippen molar-refractivity contribution >= 4 is 23.5 Å². The highest BCUT2D eigenvalue weighted by atomic mass is 35.5. The first-order valence-corrected chi connectivity index (χ1v) is 5.47. The summed E-state index contributed by atoms with van der Waals surface area (Å²) >= 11 is 5.35. The van der Waals surface area contributed by atoms with Crippen molar-refractivity contribution in [2.45, 2.75) is 12.8 Å². The fourth-order valence-electron chi connectivity index (χ4n) is 1.30. The van der Waals surface area contributed by atoms with E-state index in [9.17, 15) is 9.59 Å². The number of hydrogen-bond donors (Lipinski definition) is 2. The standard InChI is InChI=1S/C9H15ClN2O3/c10-3-1-8(13)12-9(14)11-5-7-2-4-15-6-7/h7H,1-6H2,(H2,11,12,13,14). The molecule has 2 N–H and O–H groups in total. The number of urea groups is 1. The molecular weight excluding hydrogens is 220 g/mol. The first kappa shape index (κ1) is 12.3. The lowest BCUT2D eigenvalue weighted by molar-refractivity contribution is -0.119. The summed E-state index contributed by atoms with van der Waals surface area (Å²) < 4.78 is 5.15. The second-order valence-corrected chi connectivity index (χ2v) is 3.80. The van der Waals surface area contributed by atoms with Gasteiger partial charge >= 0.3 is 6.03 Å². The number of rotatable bonds is 4. The lowest BCUT2D eigenvalue weighted by atomic mass is 10.1. The summed E-state index contributed by atoms with van der Waals surface area (Å²) in [5.74, 6) is 0.222. The van der Waals surface area contributed by atoms with Gasteiger partial charge in [0.25, 0.3) is 0 Å². The number of carbonyl (C=O) groups excluding carboxylic acids is 2. The number of carbonyl (C=O) groups is 2. The maximum Gasteiger partial charge on any atom is 0.321 e. The second kappa shape index (κ2) is 6.63. The van der Waals surface area contributed by atoms with Gasteiger partial charge in [-0.2, -0.15) is 0 Å². The Bertz CT molecular complexity index is 229. The lowest BCUT2D eigenvalue weighted by Gasteiger charge is -2.09. The Labute approximate surface area is 93.5 Å². The van der Waals surface area contributed by atoms with E-state index in [-0.39, 0.29) is 18.2 Å². The molecule has 86 valence electrons. The Morgan fingerprint density at radius 1 is 1.47 bits per heavy atom. The van der Waals surface area contributed by atoms with Gasteiger partial charge in [-0.15, -0.1) is 11.6 Å². The quantitative estimate of drug-likeness (QED) is 0.696. The van der Waals surface area contributed by atoms with Crippen molar-refractivity contribution < 1.29 is 14.3 Å². The monoisotopic (exact) mass is 234 g/mol. The smallest absolute Gasteiger partial charge is 0.321 e. The average molecular weight is 235 g/mol. The molecule has 6 heteroatoms. The van der Waals surface area contributed by atoms with Gasteiger partial charge in [0.15, 0.2) is 0 Å². The van der Waals surface area contributed by atoms with Crippen molar-refractivity contribution in [3.05, 3.63) is 0 Å². The number of alkyl halides is 1. The number of ether oxygens (including phenoxy) is 1. The first-order chi connectivity index (χ1) is 7.22. The maximum absolute atomic E-state index is 11.2. The topological polar surface area (TPSA) is 67.4 Å². The fraction of sp³-hybridized carbons (Fsp3) is 0.778. The molecule has 0 spiro atoms. The van der Waals surface area contributed by atoms with Gasteiger partial charge in [-0.1, -0.05) is 0 Å². The maximum atomic E-state index is 11.2. The fourth-order valence-corrected chi connectivity index (χ4v) is 1.47. The molecule has 0 aromatic carbocycles. The first-order valence-electron chi connectivity index (χ1n) is 4.93. The van der Waals surface area contributed by atoms with Crippen molar-refractivity contribution in [2.75, 3.05) is 25.6 Å². The van der Waals surface area contributed by atoms with Crippen LogP contribution in [0.25, 0.3) is 0 Å². The summed E-state index contributed by atoms with van der Waals surface area (Å²) in [5, 5.41) is 4.81. The van der Waals surface area contributed by atoms with Gasteiger partial charge in [0.1, 0.15) is 0 Å². The highest BCUT2D eigenvalue weighted by molar-refractivity contribution is 6.19. The van der Waals surface area contributed by atoms with Crippen LogP contribution in [0.3, 0.4) is 0 Å². The third-order valence-corrected chi connectivity index (χ3v) is 2.34. The molecule has 5 nitrogen and oxygen atoms in total. The minimum absolute atomic E-state index is 0.154. The molecule has 1 atom stereocenters. The largest absolute Gasteiger partial charge is 0.381 e. The number of nitrogens with one attached hydrogen (secondary N) is 2. The lowest BCUT2D eigenvalue weighted by Crippen LogP contribution is -2.41. The van der Waals surface area contributed by atoms with Gasteiger partial charge in [0, 0.05) is 31.4 Å². The summed E-state index contributed by atoms with van der Waals surface area (Å²) in [7, 11) is 0. The average Bonchev–Trinajstić information content (AvgIpc) is 2.67. The highest BCUT2D eigenvalue weighted by Gasteiger charge is 2.16. The van der Waals surface area contributed by atoms with Crippen molar-refractivity contribution in [1.82, 2.24) is 10.6 Å². The van der Waals surface area contributed by atoms with Crippen LogP contribution in [0.2, 0.25) is 0 Å². The summed E-state index contributed by atoms with van der Waals surface area (Å²) in [6.07, 6.45) is 1.11. The van der Waals surface area contributed by atoms with E-state index in [0.717, 1.165) is 13.0 Å². The minimum Gasteiger partial charge on any atom is -0.381 e. The Kier molecular flexibility index (Phi) is 5.42. The molecule has 15 heavy (non-hydrogen) atoms. The second-order valence-electron chi connectivity index (χ2n) is 3.43. The molecule has 0 bridgehead atoms. The van der Waals surface area contributed by atoms with Crippen LogP contribution in [-0.2, 0) is 9.53 Å². The van der Waals surface area contributed by atoms with Crippen LogP contribution in [0.5, 0.6) is 0 Å². The Morgan fingerprint density at radius 2 is 2.27 bits per heavy atom. The summed E-state index contributed by atoms with van der Waals surface area (Å²) in [5.41, 5.74) is 0. The van der Waals surface area contributed by atoms with Crippen LogP contribution in [0, 0.1) is 5.92 Å². The van der Waals surface area contributed by atoms with Crippen LogP contribution in [0.1, 0.15) is 12.8 Å². The third-order valence-electron chi connectivity index (χ3n) is 2.15. The zero-order valence-electron chi connectivity index (χ0n) is 8.42. The summed E-state index contributed by atoms with van der Waals surface area (Å²) in [6.45, 7) is 1.97. The van der Waals surface area contributed by atoms with Crippen LogP contribution in [0.15, 0.2) is 0 Å². The molecule has 0 radical (unpaired) electrons. The molecule has 1 rings (SSSR count). The van der Waals surface area contributed by atoms with E-state index in [2.05, 4.69) is 10.6 Å². The minimum atomic E-state index is -0.461. The predicted molar refractivity (Wildman–Crippen MR) is 55.8 cm³/mol. The van der Waals surface area contributed by atoms with Gasteiger partial charge in [-0.25, -0.2) is 4.79 Å². The van der Waals surface area contributed by atoms with E-state index in [0.29, 0.717) is 19.1 Å². The predicted octanol–water partition coefficient (Wildman–Crippen LogP) is 0.478. The van der Waals surface area contributed by atoms with E-state index in [1.54, 1.807) is 0 Å². The molecular formula is C9H15ClN2O3. The Hall–Kier alpha value is -0.810. The number of hydrogen-bond acceptors (Lipinski definition) is 3. The van der Waals surface area contributed by atoms with Crippen LogP contribution in [-0.4, -0.2) is 37.6 Å². The molecule has 0 saturated carbocycles. The molecule has 1 fully saturated rings. The van der Waals surface area contributed by atoms with Gasteiger partial charge in [-0.05, 0) is 6.42 Å². The van der Waals surface area contributed by atoms with Crippen molar-refractivity contribution in [3.63, 3.8) is 0 Å². The molecule has 1 heterocycles. The molecule has 1 aliphatic heterocycles. The van der Waals surface area contributed by atoms with Crippen molar-refractivity contribution in [2.24, 2.45) is 5.92 Å². The zero-order chi connectivity index (χ0) is 11.1. The van der Waals surface area contributed by atoms with Crippen molar-refractivity contribution in [3.8, 4) is 0 Å². The molecule has 0 aromatic rings. The van der Waals surface area contributed by atoms with Crippen LogP contribution >= 0.6 is 11.6 Å². The van der Waals surface area contributed by atoms with Gasteiger partial charge in [0.05, 0.1) is 6.61 Å². The molecule has 3 amide bonds. The van der Waals surface area contributed by atoms with E-state index in [1.165, 1.54) is 0 Å². The number of halogens is 1. The van der Waals surface area contributed by atoms with E-state index >= 15 is 0 Å². The molecule has 1 saturated heterocycles. The Morgan fingerprint density at radius 3 is 2.87 bits per heavy atom. The molecule has 1 unspecified atom stereocenters. The zero-order valence-corrected chi connectivity index (χ0v) is 9.18. The highest BCUT2D eigenvalue weighted by Crippen LogP contribution is 2.10. The van der Waals surface area contributed by atoms with Gasteiger partial charge in [-0.3, -0.25) is 10.1 Å². The molecule has 0 aromatic heterocycles. The number of imide groups is 1. The summed E-state index contributed by atoms with van der Waals surface area (Å²) in [6, 6.07) is -0.461. The van der Waals surface area contributed by atoms with Gasteiger partial charge < -0.3 is 10.1 Å². The SMILES string of the molecule is O=C(CCCl)NC(=O)NCC1CCOC1. The van der Waals surface area contributed by atoms with E-state index in [1.807, 2.05) is 0 Å². The summed E-state index contributed by atoms with van der Waals surface area (Å²) in [4.78, 5) is 22.1. The van der Waals surface area contributed by atoms with Crippen LogP contribution < -0.4 is 10.6 Å². The number of amides is 3. The molecule has 0 aliphatic carbocycles. The normalized spacial score (nSPS) is 19.9. The van der Waals surface area contributed by atoms with Crippen molar-refractivity contribution in [1.29, 1.82) is 0 Å².